The summed E-state index contributed by atoms with van der Waals surface area (Å²) in [6.07, 6.45) is 4.63. The first-order valence-electron chi connectivity index (χ1n) is 7.67. The van der Waals surface area contributed by atoms with Gasteiger partial charge in [-0.3, -0.25) is 0 Å². The molecule has 1 aliphatic rings. The molecule has 1 heterocycles. The summed E-state index contributed by atoms with van der Waals surface area (Å²) in [6.45, 7) is 3.40. The number of hydrogen-bond donors (Lipinski definition) is 3. The van der Waals surface area contributed by atoms with E-state index in [2.05, 4.69) is 10.6 Å². The second-order valence-corrected chi connectivity index (χ2v) is 5.57. The van der Waals surface area contributed by atoms with E-state index in [0.29, 0.717) is 12.6 Å². The summed E-state index contributed by atoms with van der Waals surface area (Å²) in [4.78, 5) is 11.8. The van der Waals surface area contributed by atoms with Crippen molar-refractivity contribution in [2.75, 3.05) is 18.5 Å². The minimum absolute atomic E-state index is 0.0433. The zero-order valence-corrected chi connectivity index (χ0v) is 12.6. The molecule has 116 valence electrons. The number of benzene rings is 1. The van der Waals surface area contributed by atoms with Gasteiger partial charge in [-0.15, -0.1) is 0 Å². The van der Waals surface area contributed by atoms with Crippen LogP contribution in [-0.4, -0.2) is 25.3 Å². The van der Waals surface area contributed by atoms with Crippen molar-refractivity contribution in [1.82, 2.24) is 5.32 Å². The number of carbonyl (C=O) groups is 1. The highest BCUT2D eigenvalue weighted by Gasteiger charge is 2.13. The van der Waals surface area contributed by atoms with E-state index < -0.39 is 0 Å². The second kappa shape index (κ2) is 8.00. The van der Waals surface area contributed by atoms with Crippen LogP contribution in [0, 0.1) is 0 Å². The molecule has 2 unspecified atom stereocenters. The average Bonchev–Trinajstić information content (AvgIpc) is 2.48. The predicted octanol–water partition coefficient (Wildman–Crippen LogP) is 2.79. The molecule has 0 bridgehead atoms. The van der Waals surface area contributed by atoms with Gasteiger partial charge in [-0.2, -0.15) is 0 Å². The van der Waals surface area contributed by atoms with E-state index in [1.54, 1.807) is 0 Å². The summed E-state index contributed by atoms with van der Waals surface area (Å²) in [5.74, 6) is 0. The maximum atomic E-state index is 11.8. The Labute approximate surface area is 126 Å². The van der Waals surface area contributed by atoms with E-state index in [-0.39, 0.29) is 12.1 Å². The largest absolute Gasteiger partial charge is 0.378 e. The number of nitrogens with two attached hydrogens (primary N) is 1. The van der Waals surface area contributed by atoms with Gasteiger partial charge >= 0.3 is 6.03 Å². The number of urea groups is 1. The van der Waals surface area contributed by atoms with Crippen LogP contribution in [0.4, 0.5) is 10.5 Å². The molecule has 2 atom stereocenters. The maximum absolute atomic E-state index is 11.8. The van der Waals surface area contributed by atoms with E-state index in [0.717, 1.165) is 37.1 Å². The summed E-state index contributed by atoms with van der Waals surface area (Å²) in [7, 11) is 0. The summed E-state index contributed by atoms with van der Waals surface area (Å²) < 4.78 is 5.63. The Morgan fingerprint density at radius 1 is 1.48 bits per heavy atom. The normalized spacial score (nSPS) is 19.8. The molecule has 4 N–H and O–H groups in total. The van der Waals surface area contributed by atoms with Crippen LogP contribution in [0.5, 0.6) is 0 Å². The summed E-state index contributed by atoms with van der Waals surface area (Å²) in [6, 6.07) is 7.37. The van der Waals surface area contributed by atoms with E-state index in [1.807, 2.05) is 31.2 Å². The third kappa shape index (κ3) is 5.36. The minimum Gasteiger partial charge on any atom is -0.378 e. The minimum atomic E-state index is -0.187. The second-order valence-electron chi connectivity index (χ2n) is 5.57. The Kier molecular flexibility index (Phi) is 6.02. The van der Waals surface area contributed by atoms with Gasteiger partial charge in [0.25, 0.3) is 0 Å². The molecule has 0 aromatic heterocycles. The number of anilines is 1. The van der Waals surface area contributed by atoms with E-state index >= 15 is 0 Å². The zero-order valence-electron chi connectivity index (χ0n) is 12.6. The Hall–Kier alpha value is -1.59. The van der Waals surface area contributed by atoms with Gasteiger partial charge in [0, 0.05) is 24.9 Å². The van der Waals surface area contributed by atoms with Gasteiger partial charge in [-0.1, -0.05) is 12.1 Å². The van der Waals surface area contributed by atoms with Crippen LogP contribution >= 0.6 is 0 Å². The Bertz CT molecular complexity index is 457. The van der Waals surface area contributed by atoms with Gasteiger partial charge in [0.2, 0.25) is 0 Å². The van der Waals surface area contributed by atoms with E-state index in [9.17, 15) is 4.79 Å². The van der Waals surface area contributed by atoms with Crippen LogP contribution in [0.3, 0.4) is 0 Å². The molecular weight excluding hydrogens is 266 g/mol. The van der Waals surface area contributed by atoms with Gasteiger partial charge < -0.3 is 21.1 Å². The van der Waals surface area contributed by atoms with Crippen LogP contribution in [-0.2, 0) is 4.74 Å². The van der Waals surface area contributed by atoms with E-state index in [4.69, 9.17) is 10.5 Å². The Morgan fingerprint density at radius 3 is 3.05 bits per heavy atom. The Balaban J connectivity index is 1.72. The Morgan fingerprint density at radius 2 is 2.33 bits per heavy atom. The molecule has 0 radical (unpaired) electrons. The van der Waals surface area contributed by atoms with Crippen LogP contribution in [0.2, 0.25) is 0 Å². The van der Waals surface area contributed by atoms with Gasteiger partial charge in [0.1, 0.15) is 0 Å². The quantitative estimate of drug-likeness (QED) is 0.780. The molecule has 2 amide bonds. The van der Waals surface area contributed by atoms with Crippen molar-refractivity contribution in [3.63, 3.8) is 0 Å². The molecule has 1 aromatic rings. The first kappa shape index (κ1) is 15.8. The van der Waals surface area contributed by atoms with Gasteiger partial charge in [0.15, 0.2) is 0 Å². The molecule has 0 spiro atoms. The molecule has 21 heavy (non-hydrogen) atoms. The van der Waals surface area contributed by atoms with Crippen LogP contribution < -0.4 is 16.4 Å². The third-order valence-electron chi connectivity index (χ3n) is 3.70. The predicted molar refractivity (Wildman–Crippen MR) is 84.3 cm³/mol. The highest BCUT2D eigenvalue weighted by molar-refractivity contribution is 5.89. The van der Waals surface area contributed by atoms with Gasteiger partial charge in [-0.25, -0.2) is 4.79 Å². The van der Waals surface area contributed by atoms with Crippen LogP contribution in [0.15, 0.2) is 24.3 Å². The lowest BCUT2D eigenvalue weighted by molar-refractivity contribution is 0.0120. The first-order chi connectivity index (χ1) is 10.1. The third-order valence-corrected chi connectivity index (χ3v) is 3.70. The van der Waals surface area contributed by atoms with Crippen molar-refractivity contribution in [3.8, 4) is 0 Å². The fourth-order valence-electron chi connectivity index (χ4n) is 2.46. The van der Waals surface area contributed by atoms with E-state index in [1.165, 1.54) is 6.42 Å². The number of rotatable bonds is 5. The molecule has 1 aliphatic heterocycles. The first-order valence-corrected chi connectivity index (χ1v) is 7.67. The molecule has 0 saturated carbocycles. The van der Waals surface area contributed by atoms with Crippen molar-refractivity contribution in [2.45, 2.75) is 44.8 Å². The van der Waals surface area contributed by atoms with Crippen LogP contribution in [0.1, 0.15) is 44.2 Å². The van der Waals surface area contributed by atoms with Crippen LogP contribution in [0.25, 0.3) is 0 Å². The lowest BCUT2D eigenvalue weighted by atomic mass is 10.1. The lowest BCUT2D eigenvalue weighted by Crippen LogP contribution is -2.32. The smallest absolute Gasteiger partial charge is 0.319 e. The van der Waals surface area contributed by atoms with Crippen molar-refractivity contribution >= 4 is 11.7 Å². The molecule has 1 fully saturated rings. The molecular formula is C16H25N3O2. The van der Waals surface area contributed by atoms with Gasteiger partial charge in [0.05, 0.1) is 6.10 Å². The number of ether oxygens (including phenoxy) is 1. The number of nitrogens with one attached hydrogen (secondary N) is 2. The summed E-state index contributed by atoms with van der Waals surface area (Å²) >= 11 is 0. The van der Waals surface area contributed by atoms with Crippen molar-refractivity contribution in [2.24, 2.45) is 5.73 Å². The topological polar surface area (TPSA) is 76.4 Å². The average molecular weight is 291 g/mol. The molecule has 5 nitrogen and oxygen atoms in total. The highest BCUT2D eigenvalue weighted by Crippen LogP contribution is 2.16. The van der Waals surface area contributed by atoms with Crippen molar-refractivity contribution < 1.29 is 9.53 Å². The fourth-order valence-corrected chi connectivity index (χ4v) is 2.46. The van der Waals surface area contributed by atoms with Crippen molar-refractivity contribution in [1.29, 1.82) is 0 Å². The number of hydrogen-bond acceptors (Lipinski definition) is 3. The molecule has 1 saturated heterocycles. The summed E-state index contributed by atoms with van der Waals surface area (Å²) in [5, 5.41) is 5.69. The molecule has 1 aromatic carbocycles. The zero-order chi connectivity index (χ0) is 15.1. The number of carbonyl (C=O) groups excluding carboxylic acids is 1. The standard InChI is InChI=1S/C16H25N3O2/c1-12(17)13-5-4-6-14(11-13)19-16(20)18-9-8-15-7-2-3-10-21-15/h4-6,11-12,15H,2-3,7-10,17H2,1H3,(H2,18,19,20). The highest BCUT2D eigenvalue weighted by atomic mass is 16.5. The molecule has 2 rings (SSSR count). The summed E-state index contributed by atoms with van der Waals surface area (Å²) in [5.41, 5.74) is 7.60. The molecule has 5 heteroatoms. The maximum Gasteiger partial charge on any atom is 0.319 e. The van der Waals surface area contributed by atoms with Gasteiger partial charge in [-0.05, 0) is 50.3 Å². The fraction of sp³-hybridized carbons (Fsp3) is 0.562. The lowest BCUT2D eigenvalue weighted by Gasteiger charge is -2.22. The number of amides is 2. The SMILES string of the molecule is CC(N)c1cccc(NC(=O)NCCC2CCCCO2)c1. The molecule has 0 aliphatic carbocycles. The monoisotopic (exact) mass is 291 g/mol. The van der Waals surface area contributed by atoms with Crippen molar-refractivity contribution in [3.05, 3.63) is 29.8 Å².